The summed E-state index contributed by atoms with van der Waals surface area (Å²) in [5.41, 5.74) is 3.99. The van der Waals surface area contributed by atoms with E-state index in [1.807, 2.05) is 47.9 Å². The number of nitrogen functional groups attached to an aromatic ring is 1. The summed E-state index contributed by atoms with van der Waals surface area (Å²) in [6.07, 6.45) is 3.94. The number of furan rings is 1. The predicted molar refractivity (Wildman–Crippen MR) is 80.2 cm³/mol. The van der Waals surface area contributed by atoms with Gasteiger partial charge in [0.2, 0.25) is 0 Å². The number of amides is 1. The molecule has 1 aromatic carbocycles. The van der Waals surface area contributed by atoms with Crippen molar-refractivity contribution in [2.45, 2.75) is 13.5 Å². The first-order valence-corrected chi connectivity index (χ1v) is 6.60. The standard InChI is InChI=1S/C16H18N2O3/c1-12-14(10-15(21-12)16(19)18-17)11-20-9-5-8-13-6-3-2-4-7-13/h2-8,10H,9,11,17H2,1H3,(H,18,19). The van der Waals surface area contributed by atoms with E-state index in [4.69, 9.17) is 15.0 Å². The van der Waals surface area contributed by atoms with Gasteiger partial charge in [-0.3, -0.25) is 10.2 Å². The molecular weight excluding hydrogens is 268 g/mol. The van der Waals surface area contributed by atoms with E-state index in [9.17, 15) is 4.79 Å². The van der Waals surface area contributed by atoms with Crippen LogP contribution >= 0.6 is 0 Å². The van der Waals surface area contributed by atoms with Crippen LogP contribution in [0.2, 0.25) is 0 Å². The van der Waals surface area contributed by atoms with Crippen molar-refractivity contribution in [1.82, 2.24) is 5.43 Å². The van der Waals surface area contributed by atoms with Crippen LogP contribution in [0.5, 0.6) is 0 Å². The maximum Gasteiger partial charge on any atom is 0.300 e. The van der Waals surface area contributed by atoms with Crippen molar-refractivity contribution in [2.75, 3.05) is 6.61 Å². The first-order chi connectivity index (χ1) is 10.2. The van der Waals surface area contributed by atoms with Crippen LogP contribution in [0.1, 0.15) is 27.4 Å². The van der Waals surface area contributed by atoms with Crippen LogP contribution < -0.4 is 11.3 Å². The van der Waals surface area contributed by atoms with E-state index in [0.717, 1.165) is 11.1 Å². The Morgan fingerprint density at radius 3 is 2.86 bits per heavy atom. The van der Waals surface area contributed by atoms with Crippen molar-refractivity contribution in [2.24, 2.45) is 5.84 Å². The van der Waals surface area contributed by atoms with Crippen molar-refractivity contribution >= 4 is 12.0 Å². The minimum atomic E-state index is -0.451. The van der Waals surface area contributed by atoms with Crippen molar-refractivity contribution in [3.8, 4) is 0 Å². The number of hydrogen-bond donors (Lipinski definition) is 2. The quantitative estimate of drug-likeness (QED) is 0.370. The summed E-state index contributed by atoms with van der Waals surface area (Å²) in [6.45, 7) is 2.65. The molecule has 21 heavy (non-hydrogen) atoms. The number of hydrazine groups is 1. The normalized spacial score (nSPS) is 11.0. The number of aryl methyl sites for hydroxylation is 1. The average Bonchev–Trinajstić information content (AvgIpc) is 2.88. The fraction of sp³-hybridized carbons (Fsp3) is 0.188. The van der Waals surface area contributed by atoms with Crippen LogP contribution in [0.25, 0.3) is 6.08 Å². The summed E-state index contributed by atoms with van der Waals surface area (Å²) >= 11 is 0. The molecule has 5 nitrogen and oxygen atoms in total. The highest BCUT2D eigenvalue weighted by molar-refractivity contribution is 5.91. The molecule has 2 aromatic rings. The maximum absolute atomic E-state index is 11.3. The van der Waals surface area contributed by atoms with Gasteiger partial charge in [0, 0.05) is 5.56 Å². The van der Waals surface area contributed by atoms with Gasteiger partial charge in [-0.25, -0.2) is 5.84 Å². The molecule has 0 aliphatic heterocycles. The highest BCUT2D eigenvalue weighted by Crippen LogP contribution is 2.15. The molecule has 0 fully saturated rings. The van der Waals surface area contributed by atoms with Gasteiger partial charge in [0.05, 0.1) is 13.2 Å². The van der Waals surface area contributed by atoms with Crippen LogP contribution in [0, 0.1) is 6.92 Å². The molecule has 0 bridgehead atoms. The molecule has 0 unspecified atom stereocenters. The second kappa shape index (κ2) is 7.42. The van der Waals surface area contributed by atoms with Gasteiger partial charge < -0.3 is 9.15 Å². The zero-order valence-electron chi connectivity index (χ0n) is 11.8. The first kappa shape index (κ1) is 15.0. The smallest absolute Gasteiger partial charge is 0.300 e. The van der Waals surface area contributed by atoms with E-state index in [1.165, 1.54) is 0 Å². The zero-order chi connectivity index (χ0) is 15.1. The molecular formula is C16H18N2O3. The van der Waals surface area contributed by atoms with Crippen molar-refractivity contribution in [3.63, 3.8) is 0 Å². The lowest BCUT2D eigenvalue weighted by molar-refractivity contribution is 0.0924. The molecule has 110 valence electrons. The average molecular weight is 286 g/mol. The van der Waals surface area contributed by atoms with E-state index >= 15 is 0 Å². The third kappa shape index (κ3) is 4.30. The van der Waals surface area contributed by atoms with E-state index in [0.29, 0.717) is 19.0 Å². The molecule has 0 atom stereocenters. The van der Waals surface area contributed by atoms with Gasteiger partial charge in [-0.05, 0) is 18.6 Å². The lowest BCUT2D eigenvalue weighted by Gasteiger charge is -1.99. The molecule has 0 radical (unpaired) electrons. The number of rotatable bonds is 6. The molecule has 1 amide bonds. The number of nitrogens with two attached hydrogens (primary N) is 1. The van der Waals surface area contributed by atoms with Gasteiger partial charge in [-0.15, -0.1) is 0 Å². The number of ether oxygens (including phenoxy) is 1. The Labute approximate surface area is 123 Å². The zero-order valence-corrected chi connectivity index (χ0v) is 11.8. The van der Waals surface area contributed by atoms with E-state index < -0.39 is 5.91 Å². The first-order valence-electron chi connectivity index (χ1n) is 6.60. The monoisotopic (exact) mass is 286 g/mol. The molecule has 5 heteroatoms. The van der Waals surface area contributed by atoms with Gasteiger partial charge in [-0.2, -0.15) is 0 Å². The number of carbonyl (C=O) groups excluding carboxylic acids is 1. The Morgan fingerprint density at radius 2 is 2.14 bits per heavy atom. The Kier molecular flexibility index (Phi) is 5.31. The maximum atomic E-state index is 11.3. The summed E-state index contributed by atoms with van der Waals surface area (Å²) in [7, 11) is 0. The second-order valence-electron chi connectivity index (χ2n) is 4.49. The van der Waals surface area contributed by atoms with Crippen LogP contribution in [0.3, 0.4) is 0 Å². The topological polar surface area (TPSA) is 77.5 Å². The van der Waals surface area contributed by atoms with Crippen molar-refractivity contribution in [3.05, 3.63) is 65.1 Å². The van der Waals surface area contributed by atoms with Crippen LogP contribution in [0.15, 0.2) is 46.9 Å². The van der Waals surface area contributed by atoms with Gasteiger partial charge in [0.25, 0.3) is 0 Å². The Hall–Kier alpha value is -2.37. The molecule has 2 rings (SSSR count). The molecule has 0 aliphatic rings. The second-order valence-corrected chi connectivity index (χ2v) is 4.49. The number of hydrogen-bond acceptors (Lipinski definition) is 4. The predicted octanol–water partition coefficient (Wildman–Crippen LogP) is 2.42. The number of carbonyl (C=O) groups is 1. The third-order valence-corrected chi connectivity index (χ3v) is 2.96. The largest absolute Gasteiger partial charge is 0.456 e. The van der Waals surface area contributed by atoms with Crippen molar-refractivity contribution < 1.29 is 13.9 Å². The van der Waals surface area contributed by atoms with Crippen molar-refractivity contribution in [1.29, 1.82) is 0 Å². The van der Waals surface area contributed by atoms with Crippen LogP contribution in [0.4, 0.5) is 0 Å². The Bertz CT molecular complexity index is 618. The molecule has 0 aliphatic carbocycles. The lowest BCUT2D eigenvalue weighted by Crippen LogP contribution is -2.29. The van der Waals surface area contributed by atoms with Gasteiger partial charge in [-0.1, -0.05) is 42.5 Å². The SMILES string of the molecule is Cc1oc(C(=O)NN)cc1COCC=Cc1ccccc1. The molecule has 3 N–H and O–H groups in total. The fourth-order valence-electron chi connectivity index (χ4n) is 1.83. The van der Waals surface area contributed by atoms with Crippen LogP contribution in [-0.2, 0) is 11.3 Å². The number of benzene rings is 1. The molecule has 0 saturated heterocycles. The van der Waals surface area contributed by atoms with E-state index in [1.54, 1.807) is 13.0 Å². The van der Waals surface area contributed by atoms with Gasteiger partial charge in [0.1, 0.15) is 5.76 Å². The lowest BCUT2D eigenvalue weighted by atomic mass is 10.2. The molecule has 1 heterocycles. The fourth-order valence-corrected chi connectivity index (χ4v) is 1.83. The summed E-state index contributed by atoms with van der Waals surface area (Å²) < 4.78 is 10.8. The third-order valence-electron chi connectivity index (χ3n) is 2.96. The minimum absolute atomic E-state index is 0.188. The summed E-state index contributed by atoms with van der Waals surface area (Å²) in [4.78, 5) is 11.3. The molecule has 1 aromatic heterocycles. The Morgan fingerprint density at radius 1 is 1.38 bits per heavy atom. The highest BCUT2D eigenvalue weighted by atomic mass is 16.5. The summed E-state index contributed by atoms with van der Waals surface area (Å²) in [6, 6.07) is 11.6. The summed E-state index contributed by atoms with van der Waals surface area (Å²) in [5.74, 6) is 5.45. The highest BCUT2D eigenvalue weighted by Gasteiger charge is 2.12. The van der Waals surface area contributed by atoms with E-state index in [-0.39, 0.29) is 5.76 Å². The van der Waals surface area contributed by atoms with Crippen LogP contribution in [-0.4, -0.2) is 12.5 Å². The molecule has 0 saturated carbocycles. The van der Waals surface area contributed by atoms with Gasteiger partial charge >= 0.3 is 5.91 Å². The van der Waals surface area contributed by atoms with E-state index in [2.05, 4.69) is 0 Å². The Balaban J connectivity index is 1.82. The van der Waals surface area contributed by atoms with Gasteiger partial charge in [0.15, 0.2) is 5.76 Å². The summed E-state index contributed by atoms with van der Waals surface area (Å²) in [5, 5.41) is 0. The number of nitrogens with one attached hydrogen (secondary N) is 1. The molecule has 0 spiro atoms. The minimum Gasteiger partial charge on any atom is -0.456 e.